The zero-order chi connectivity index (χ0) is 18.0. The quantitative estimate of drug-likeness (QED) is 0.200. The van der Waals surface area contributed by atoms with E-state index < -0.39 is 0 Å². The van der Waals surface area contributed by atoms with Gasteiger partial charge in [-0.2, -0.15) is 0 Å². The molecule has 0 spiro atoms. The second-order valence-electron chi connectivity index (χ2n) is 6.30. The van der Waals surface area contributed by atoms with E-state index in [4.69, 9.17) is 0 Å². The highest BCUT2D eigenvalue weighted by atomic mass is 79.9. The number of rotatable bonds is 0. The minimum Gasteiger partial charge on any atom is -0.206 e. The van der Waals surface area contributed by atoms with Crippen LogP contribution in [0.25, 0.3) is 43.1 Å². The van der Waals surface area contributed by atoms with Gasteiger partial charge in [-0.15, -0.1) is 0 Å². The topological polar surface area (TPSA) is 0 Å². The largest absolute Gasteiger partial charge is 0.206 e. The van der Waals surface area contributed by atoms with Crippen LogP contribution in [0, 0.1) is 11.6 Å². The van der Waals surface area contributed by atoms with E-state index in [0.29, 0.717) is 10.8 Å². The second kappa shape index (κ2) is 5.73. The maximum Gasteiger partial charge on any atom is 0.131 e. The van der Waals surface area contributed by atoms with Crippen molar-refractivity contribution in [2.75, 3.05) is 0 Å². The molecule has 0 fully saturated rings. The van der Waals surface area contributed by atoms with E-state index in [9.17, 15) is 8.78 Å². The van der Waals surface area contributed by atoms with Gasteiger partial charge in [-0.25, -0.2) is 8.78 Å². The van der Waals surface area contributed by atoms with Gasteiger partial charge in [0.2, 0.25) is 0 Å². The van der Waals surface area contributed by atoms with Crippen molar-refractivity contribution in [1.29, 1.82) is 0 Å². The summed E-state index contributed by atoms with van der Waals surface area (Å²) in [7, 11) is 0. The maximum absolute atomic E-state index is 14.9. The van der Waals surface area contributed by atoms with Crippen molar-refractivity contribution < 1.29 is 8.78 Å². The van der Waals surface area contributed by atoms with Crippen molar-refractivity contribution in [2.24, 2.45) is 0 Å². The lowest BCUT2D eigenvalue weighted by Crippen LogP contribution is -1.89. The molecule has 0 aliphatic heterocycles. The van der Waals surface area contributed by atoms with Crippen LogP contribution in [-0.4, -0.2) is 0 Å². The Bertz CT molecular complexity index is 1270. The Kier molecular flexibility index (Phi) is 3.56. The van der Waals surface area contributed by atoms with Crippen LogP contribution in [0.4, 0.5) is 8.78 Å². The van der Waals surface area contributed by atoms with Crippen LogP contribution in [-0.2, 0) is 0 Å². The van der Waals surface area contributed by atoms with E-state index in [1.165, 1.54) is 12.1 Å². The number of halogens is 4. The van der Waals surface area contributed by atoms with E-state index in [-0.39, 0.29) is 11.6 Å². The summed E-state index contributed by atoms with van der Waals surface area (Å²) in [5.41, 5.74) is 0. The van der Waals surface area contributed by atoms with Gasteiger partial charge in [0.15, 0.2) is 0 Å². The van der Waals surface area contributed by atoms with Crippen molar-refractivity contribution in [3.05, 3.63) is 81.2 Å². The number of hydrogen-bond donors (Lipinski definition) is 0. The average molecular weight is 472 g/mol. The summed E-state index contributed by atoms with van der Waals surface area (Å²) in [5.74, 6) is -0.623. The summed E-state index contributed by atoms with van der Waals surface area (Å²) in [5, 5.41) is 5.81. The first kappa shape index (κ1) is 16.2. The third-order valence-electron chi connectivity index (χ3n) is 4.91. The first-order valence-corrected chi connectivity index (χ1v) is 9.65. The first-order valence-electron chi connectivity index (χ1n) is 8.06. The molecule has 0 nitrogen and oxygen atoms in total. The molecule has 4 heteroatoms. The molecule has 0 heterocycles. The van der Waals surface area contributed by atoms with Crippen LogP contribution in [0.2, 0.25) is 0 Å². The fourth-order valence-electron chi connectivity index (χ4n) is 3.77. The van der Waals surface area contributed by atoms with Gasteiger partial charge >= 0.3 is 0 Å². The van der Waals surface area contributed by atoms with E-state index in [0.717, 1.165) is 41.3 Å². The molecule has 0 saturated carbocycles. The molecule has 0 atom stereocenters. The fourth-order valence-corrected chi connectivity index (χ4v) is 4.69. The smallest absolute Gasteiger partial charge is 0.131 e. The molecule has 0 bridgehead atoms. The van der Waals surface area contributed by atoms with Crippen LogP contribution in [0.5, 0.6) is 0 Å². The molecule has 0 unspecified atom stereocenters. The van der Waals surface area contributed by atoms with E-state index in [1.807, 2.05) is 36.4 Å². The van der Waals surface area contributed by atoms with Crippen molar-refractivity contribution in [3.8, 4) is 0 Å². The Morgan fingerprint density at radius 1 is 0.462 bits per heavy atom. The molecule has 0 N–H and O–H groups in total. The zero-order valence-electron chi connectivity index (χ0n) is 13.3. The normalized spacial score (nSPS) is 11.8. The van der Waals surface area contributed by atoms with Gasteiger partial charge in [0.05, 0.1) is 0 Å². The Morgan fingerprint density at radius 2 is 0.846 bits per heavy atom. The van der Waals surface area contributed by atoms with Crippen molar-refractivity contribution >= 4 is 74.9 Å². The van der Waals surface area contributed by atoms with Gasteiger partial charge in [-0.3, -0.25) is 0 Å². The van der Waals surface area contributed by atoms with Crippen LogP contribution in [0.3, 0.4) is 0 Å². The molecule has 0 aliphatic carbocycles. The molecule has 0 saturated heterocycles. The Labute approximate surface area is 164 Å². The van der Waals surface area contributed by atoms with E-state index >= 15 is 0 Å². The summed E-state index contributed by atoms with van der Waals surface area (Å²) in [6.45, 7) is 0. The van der Waals surface area contributed by atoms with Crippen molar-refractivity contribution in [2.45, 2.75) is 0 Å². The molecule has 0 radical (unpaired) electrons. The summed E-state index contributed by atoms with van der Waals surface area (Å²) in [6.07, 6.45) is 0. The second-order valence-corrected chi connectivity index (χ2v) is 8.01. The third-order valence-corrected chi connectivity index (χ3v) is 6.29. The molecular weight excluding hydrogens is 462 g/mol. The van der Waals surface area contributed by atoms with E-state index in [2.05, 4.69) is 31.9 Å². The standard InChI is InChI=1S/C22H10Br2F2/c23-15-7-9-17(25)21-13(15)5-3-11-1-2-12-4-6-14-16(24)8-10-18(26)22(14)20(12)19(11)21/h1-10H. The molecule has 0 amide bonds. The molecule has 0 aliphatic rings. The lowest BCUT2D eigenvalue weighted by Gasteiger charge is -2.13. The van der Waals surface area contributed by atoms with Crippen LogP contribution < -0.4 is 0 Å². The van der Waals surface area contributed by atoms with E-state index in [1.54, 1.807) is 12.1 Å². The molecule has 126 valence electrons. The summed E-state index contributed by atoms with van der Waals surface area (Å²) >= 11 is 7.02. The van der Waals surface area contributed by atoms with Gasteiger partial charge in [-0.05, 0) is 45.8 Å². The summed E-state index contributed by atoms with van der Waals surface area (Å²) in [4.78, 5) is 0. The monoisotopic (exact) mass is 470 g/mol. The first-order chi connectivity index (χ1) is 12.6. The summed E-state index contributed by atoms with van der Waals surface area (Å²) in [6, 6.07) is 17.9. The molecule has 0 aromatic heterocycles. The van der Waals surface area contributed by atoms with Crippen LogP contribution in [0.1, 0.15) is 0 Å². The predicted molar refractivity (Wildman–Crippen MR) is 112 cm³/mol. The minimum absolute atomic E-state index is 0.311. The highest BCUT2D eigenvalue weighted by Gasteiger charge is 2.16. The number of fused-ring (bicyclic) bond motifs is 7. The highest BCUT2D eigenvalue weighted by molar-refractivity contribution is 9.11. The Hall–Kier alpha value is -2.04. The highest BCUT2D eigenvalue weighted by Crippen LogP contribution is 2.41. The van der Waals surface area contributed by atoms with Gasteiger partial charge in [0.25, 0.3) is 0 Å². The molecule has 5 aromatic carbocycles. The third kappa shape index (κ3) is 2.15. The zero-order valence-corrected chi connectivity index (χ0v) is 16.5. The Morgan fingerprint density at radius 3 is 1.27 bits per heavy atom. The van der Waals surface area contributed by atoms with Crippen LogP contribution >= 0.6 is 31.9 Å². The van der Waals surface area contributed by atoms with Crippen LogP contribution in [0.15, 0.2) is 69.6 Å². The average Bonchev–Trinajstić information content (AvgIpc) is 2.66. The fraction of sp³-hybridized carbons (Fsp3) is 0. The SMILES string of the molecule is Fc1ccc(Br)c2ccc3ccc4ccc5c(Br)ccc(F)c5c4c3c12. The predicted octanol–water partition coefficient (Wildman–Crippen LogP) is 8.10. The van der Waals surface area contributed by atoms with Gasteiger partial charge in [-0.1, -0.05) is 68.3 Å². The lowest BCUT2D eigenvalue weighted by atomic mass is 9.92. The lowest BCUT2D eigenvalue weighted by molar-refractivity contribution is 0.639. The molecule has 26 heavy (non-hydrogen) atoms. The number of hydrogen-bond acceptors (Lipinski definition) is 0. The van der Waals surface area contributed by atoms with Crippen molar-refractivity contribution in [1.82, 2.24) is 0 Å². The minimum atomic E-state index is -0.311. The van der Waals surface area contributed by atoms with Gasteiger partial charge in [0, 0.05) is 30.5 Å². The van der Waals surface area contributed by atoms with Gasteiger partial charge < -0.3 is 0 Å². The molecule has 5 rings (SSSR count). The molecule has 5 aromatic rings. The molecular formula is C22H10Br2F2. The number of benzene rings is 5. The maximum atomic E-state index is 14.9. The van der Waals surface area contributed by atoms with Gasteiger partial charge in [0.1, 0.15) is 11.6 Å². The Balaban J connectivity index is 2.22. The van der Waals surface area contributed by atoms with Crippen molar-refractivity contribution in [3.63, 3.8) is 0 Å². The summed E-state index contributed by atoms with van der Waals surface area (Å²) < 4.78 is 31.4.